The monoisotopic (exact) mass is 563 g/mol. The Hall–Kier alpha value is -3.73. The lowest BCUT2D eigenvalue weighted by Crippen LogP contribution is -2.39. The van der Waals surface area contributed by atoms with Gasteiger partial charge in [0.05, 0.1) is 49.6 Å². The highest BCUT2D eigenvalue weighted by molar-refractivity contribution is 7.17. The number of aryl methyl sites for hydroxylation is 1. The Kier molecular flexibility index (Phi) is 8.49. The van der Waals surface area contributed by atoms with Crippen LogP contribution >= 0.6 is 11.3 Å². The molecule has 40 heavy (non-hydrogen) atoms. The molecule has 0 bridgehead atoms. The first kappa shape index (κ1) is 27.8. The molecule has 0 aliphatic carbocycles. The van der Waals surface area contributed by atoms with Crippen LogP contribution < -0.4 is 9.47 Å². The van der Waals surface area contributed by atoms with Gasteiger partial charge in [-0.1, -0.05) is 42.5 Å². The summed E-state index contributed by atoms with van der Waals surface area (Å²) >= 11 is 1.25. The Bertz CT molecular complexity index is 1410. The van der Waals surface area contributed by atoms with Crippen molar-refractivity contribution in [3.05, 3.63) is 76.0 Å². The number of methoxy groups -OCH3 is 2. The number of amides is 1. The van der Waals surface area contributed by atoms with E-state index in [1.807, 2.05) is 30.3 Å². The number of Topliss-reactive ketones (excluding diaryl/α,β-unsaturated/α-hetero) is 1. The molecule has 5 rings (SSSR count). The van der Waals surface area contributed by atoms with Crippen molar-refractivity contribution in [3.8, 4) is 22.1 Å². The number of para-hydroxylation sites is 1. The summed E-state index contributed by atoms with van der Waals surface area (Å²) in [6.45, 7) is 5.93. The quantitative estimate of drug-likeness (QED) is 0.362. The van der Waals surface area contributed by atoms with E-state index in [0.29, 0.717) is 58.8 Å². The topological polar surface area (TPSA) is 101 Å². The molecule has 1 unspecified atom stereocenters. The third-order valence-electron chi connectivity index (χ3n) is 7.28. The molecule has 1 aromatic heterocycles. The molecule has 2 aliphatic heterocycles. The van der Waals surface area contributed by atoms with Gasteiger partial charge in [-0.05, 0) is 19.4 Å². The lowest BCUT2D eigenvalue weighted by Gasteiger charge is -2.30. The molecule has 210 valence electrons. The van der Waals surface area contributed by atoms with Crippen molar-refractivity contribution < 1.29 is 28.9 Å². The predicted molar refractivity (Wildman–Crippen MR) is 152 cm³/mol. The van der Waals surface area contributed by atoms with Crippen molar-refractivity contribution in [2.24, 2.45) is 0 Å². The van der Waals surface area contributed by atoms with Gasteiger partial charge in [0.2, 0.25) is 5.78 Å². The highest BCUT2D eigenvalue weighted by Gasteiger charge is 2.45. The minimum Gasteiger partial charge on any atom is -0.503 e. The van der Waals surface area contributed by atoms with Crippen molar-refractivity contribution in [1.82, 2.24) is 14.8 Å². The van der Waals surface area contributed by atoms with Crippen LogP contribution in [0.4, 0.5) is 0 Å². The number of hydrogen-bond donors (Lipinski definition) is 1. The Morgan fingerprint density at radius 3 is 2.52 bits per heavy atom. The first-order chi connectivity index (χ1) is 19.4. The number of ketones is 1. The van der Waals surface area contributed by atoms with E-state index in [9.17, 15) is 14.7 Å². The fourth-order valence-electron chi connectivity index (χ4n) is 5.29. The van der Waals surface area contributed by atoms with Crippen molar-refractivity contribution >= 4 is 23.0 Å². The molecule has 3 aromatic rings. The number of aromatic nitrogens is 1. The molecule has 2 aromatic carbocycles. The lowest BCUT2D eigenvalue weighted by atomic mass is 9.94. The fourth-order valence-corrected chi connectivity index (χ4v) is 6.32. The maximum Gasteiger partial charge on any atom is 0.290 e. The van der Waals surface area contributed by atoms with Gasteiger partial charge < -0.3 is 24.2 Å². The number of morpholine rings is 1. The third kappa shape index (κ3) is 5.34. The Labute approximate surface area is 237 Å². The predicted octanol–water partition coefficient (Wildman–Crippen LogP) is 4.44. The Morgan fingerprint density at radius 1 is 1.07 bits per heavy atom. The van der Waals surface area contributed by atoms with Crippen LogP contribution in [-0.4, -0.2) is 85.2 Å². The van der Waals surface area contributed by atoms with Gasteiger partial charge in [0.1, 0.15) is 5.01 Å². The molecule has 3 heterocycles. The van der Waals surface area contributed by atoms with Gasteiger partial charge in [-0.15, -0.1) is 11.3 Å². The van der Waals surface area contributed by atoms with Gasteiger partial charge in [-0.2, -0.15) is 0 Å². The molecule has 2 aliphatic rings. The summed E-state index contributed by atoms with van der Waals surface area (Å²) in [6.07, 6.45) is 0.668. The van der Waals surface area contributed by atoms with Crippen molar-refractivity contribution in [2.45, 2.75) is 19.4 Å². The highest BCUT2D eigenvalue weighted by atomic mass is 32.1. The number of aliphatic hydroxyl groups excluding tert-OH is 1. The molecule has 10 heteroatoms. The summed E-state index contributed by atoms with van der Waals surface area (Å²) in [4.78, 5) is 36.6. The zero-order chi connectivity index (χ0) is 28.2. The fraction of sp³-hybridized carbons (Fsp3) is 0.367. The number of thiazole rings is 1. The van der Waals surface area contributed by atoms with Gasteiger partial charge in [0.25, 0.3) is 5.91 Å². The van der Waals surface area contributed by atoms with E-state index >= 15 is 0 Å². The van der Waals surface area contributed by atoms with E-state index in [0.717, 1.165) is 25.2 Å². The van der Waals surface area contributed by atoms with Gasteiger partial charge in [-0.25, -0.2) is 4.98 Å². The number of rotatable bonds is 10. The molecule has 9 nitrogen and oxygen atoms in total. The third-order valence-corrected chi connectivity index (χ3v) is 8.48. The molecular weight excluding hydrogens is 530 g/mol. The molecule has 1 N–H and O–H groups in total. The van der Waals surface area contributed by atoms with E-state index in [2.05, 4.69) is 9.88 Å². The van der Waals surface area contributed by atoms with Crippen LogP contribution in [0.3, 0.4) is 0 Å². The van der Waals surface area contributed by atoms with Crippen molar-refractivity contribution in [1.29, 1.82) is 0 Å². The van der Waals surface area contributed by atoms with E-state index in [4.69, 9.17) is 14.2 Å². The van der Waals surface area contributed by atoms with Crippen LogP contribution in [-0.2, 0) is 9.53 Å². The summed E-state index contributed by atoms with van der Waals surface area (Å²) in [5, 5.41) is 11.9. The molecule has 1 saturated heterocycles. The first-order valence-corrected chi connectivity index (χ1v) is 14.1. The lowest BCUT2D eigenvalue weighted by molar-refractivity contribution is -0.129. The zero-order valence-corrected chi connectivity index (χ0v) is 23.7. The minimum absolute atomic E-state index is 0.0225. The largest absolute Gasteiger partial charge is 0.503 e. The van der Waals surface area contributed by atoms with Gasteiger partial charge in [0, 0.05) is 37.3 Å². The van der Waals surface area contributed by atoms with Crippen LogP contribution in [0.5, 0.6) is 11.5 Å². The summed E-state index contributed by atoms with van der Waals surface area (Å²) in [5.74, 6) is -0.661. The van der Waals surface area contributed by atoms with Gasteiger partial charge in [-0.3, -0.25) is 14.5 Å². The number of aliphatic hydroxyl groups is 1. The molecular formula is C30H33N3O6S. The van der Waals surface area contributed by atoms with Crippen LogP contribution in [0.2, 0.25) is 0 Å². The Balaban J connectivity index is 1.52. The van der Waals surface area contributed by atoms with Crippen molar-refractivity contribution in [2.75, 3.05) is 53.6 Å². The molecule has 1 fully saturated rings. The van der Waals surface area contributed by atoms with Crippen LogP contribution in [0.1, 0.15) is 33.4 Å². The summed E-state index contributed by atoms with van der Waals surface area (Å²) in [6, 6.07) is 14.1. The first-order valence-electron chi connectivity index (χ1n) is 13.3. The smallest absolute Gasteiger partial charge is 0.290 e. The highest BCUT2D eigenvalue weighted by Crippen LogP contribution is 2.46. The Morgan fingerprint density at radius 2 is 1.82 bits per heavy atom. The number of nitrogens with zero attached hydrogens (tertiary/aromatic N) is 3. The second kappa shape index (κ2) is 12.2. The molecule has 0 spiro atoms. The average molecular weight is 564 g/mol. The van der Waals surface area contributed by atoms with E-state index in [-0.39, 0.29) is 5.57 Å². The molecule has 0 saturated carbocycles. The van der Waals surface area contributed by atoms with Crippen molar-refractivity contribution in [3.63, 3.8) is 0 Å². The number of benzene rings is 2. The number of ether oxygens (including phenoxy) is 3. The minimum atomic E-state index is -0.851. The second-order valence-corrected chi connectivity index (χ2v) is 10.7. The van der Waals surface area contributed by atoms with Gasteiger partial charge in [0.15, 0.2) is 17.3 Å². The molecule has 1 amide bonds. The number of carbonyl (C=O) groups is 2. The normalized spacial score (nSPS) is 17.9. The standard InChI is InChI=1S/C30H33N3O6S/c1-19-28(40-29(31-19)20-9-5-4-6-10-20)25(34)23-24(21-11-7-12-22(37-2)27(21)38-3)33(30(36)26(23)35)14-8-13-32-15-17-39-18-16-32/h4-7,9-12,24,35H,8,13-18H2,1-3H3. The number of carbonyl (C=O) groups excluding carboxylic acids is 2. The van der Waals surface area contributed by atoms with E-state index in [1.165, 1.54) is 25.6 Å². The number of hydrogen-bond acceptors (Lipinski definition) is 9. The van der Waals surface area contributed by atoms with Crippen LogP contribution in [0.25, 0.3) is 10.6 Å². The van der Waals surface area contributed by atoms with Crippen LogP contribution in [0, 0.1) is 6.92 Å². The maximum atomic E-state index is 14.2. The van der Waals surface area contributed by atoms with Crippen LogP contribution in [0.15, 0.2) is 59.9 Å². The summed E-state index contributed by atoms with van der Waals surface area (Å²) in [5.41, 5.74) is 2.03. The molecule has 0 radical (unpaired) electrons. The van der Waals surface area contributed by atoms with E-state index < -0.39 is 23.5 Å². The molecule has 1 atom stereocenters. The second-order valence-electron chi connectivity index (χ2n) is 9.68. The summed E-state index contributed by atoms with van der Waals surface area (Å²) in [7, 11) is 3.05. The maximum absolute atomic E-state index is 14.2. The average Bonchev–Trinajstić information content (AvgIpc) is 3.50. The summed E-state index contributed by atoms with van der Waals surface area (Å²) < 4.78 is 16.7. The zero-order valence-electron chi connectivity index (χ0n) is 22.9. The van der Waals surface area contributed by atoms with E-state index in [1.54, 1.807) is 30.0 Å². The SMILES string of the molecule is COc1cccc(C2C(C(=O)c3sc(-c4ccccc4)nc3C)=C(O)C(=O)N2CCCN2CCOCC2)c1OC. The van der Waals surface area contributed by atoms with Gasteiger partial charge >= 0.3 is 0 Å².